The molecule has 4 heteroatoms. The summed E-state index contributed by atoms with van der Waals surface area (Å²) < 4.78 is 17.9. The van der Waals surface area contributed by atoms with Gasteiger partial charge >= 0.3 is 0 Å². The van der Waals surface area contributed by atoms with Crippen LogP contribution in [-0.2, 0) is 0 Å². The van der Waals surface area contributed by atoms with Gasteiger partial charge in [0.05, 0.1) is 17.7 Å². The molecule has 2 rings (SSSR count). The Labute approximate surface area is 109 Å². The highest BCUT2D eigenvalue weighted by molar-refractivity contribution is 6.32. The average molecular weight is 265 g/mol. The van der Waals surface area contributed by atoms with Crippen molar-refractivity contribution in [3.8, 4) is 16.9 Å². The number of hydrogen-bond acceptors (Lipinski definition) is 2. The first-order valence-electron chi connectivity index (χ1n) is 5.24. The van der Waals surface area contributed by atoms with Crippen LogP contribution in [0.3, 0.4) is 0 Å². The summed E-state index contributed by atoms with van der Waals surface area (Å²) in [5.74, 6) is 0.0338. The SMILES string of the molecule is COc1c(Cl)cc(-c2ccc(F)cc2)cc1C=O. The highest BCUT2D eigenvalue weighted by Gasteiger charge is 2.10. The number of carbonyl (C=O) groups excluding carboxylic acids is 1. The van der Waals surface area contributed by atoms with Crippen LogP contribution in [0.2, 0.25) is 5.02 Å². The van der Waals surface area contributed by atoms with Crippen LogP contribution in [0.1, 0.15) is 10.4 Å². The second-order valence-corrected chi connectivity index (χ2v) is 4.11. The second-order valence-electron chi connectivity index (χ2n) is 3.71. The summed E-state index contributed by atoms with van der Waals surface area (Å²) in [7, 11) is 1.45. The lowest BCUT2D eigenvalue weighted by Gasteiger charge is -2.09. The topological polar surface area (TPSA) is 26.3 Å². The molecule has 0 saturated carbocycles. The van der Waals surface area contributed by atoms with Crippen LogP contribution in [0, 0.1) is 5.82 Å². The van der Waals surface area contributed by atoms with Crippen molar-refractivity contribution in [3.05, 3.63) is 52.8 Å². The molecule has 0 spiro atoms. The number of carbonyl (C=O) groups is 1. The fourth-order valence-electron chi connectivity index (χ4n) is 1.73. The Morgan fingerprint density at radius 3 is 2.39 bits per heavy atom. The lowest BCUT2D eigenvalue weighted by Crippen LogP contribution is -1.93. The Hall–Kier alpha value is -1.87. The summed E-state index contributed by atoms with van der Waals surface area (Å²) >= 11 is 6.04. The molecular formula is C14H10ClFO2. The van der Waals surface area contributed by atoms with Crippen LogP contribution >= 0.6 is 11.6 Å². The van der Waals surface area contributed by atoms with Gasteiger partial charge < -0.3 is 4.74 Å². The summed E-state index contributed by atoms with van der Waals surface area (Å²) in [6.07, 6.45) is 0.678. The van der Waals surface area contributed by atoms with Gasteiger partial charge in [0.1, 0.15) is 11.6 Å². The zero-order valence-corrected chi connectivity index (χ0v) is 10.4. The Bertz CT molecular complexity index is 579. The zero-order valence-electron chi connectivity index (χ0n) is 9.61. The van der Waals surface area contributed by atoms with Crippen LogP contribution < -0.4 is 4.74 Å². The van der Waals surface area contributed by atoms with E-state index < -0.39 is 0 Å². The Kier molecular flexibility index (Phi) is 3.63. The van der Waals surface area contributed by atoms with E-state index in [9.17, 15) is 9.18 Å². The molecule has 0 aliphatic rings. The van der Waals surface area contributed by atoms with Gasteiger partial charge in [0.25, 0.3) is 0 Å². The monoisotopic (exact) mass is 264 g/mol. The maximum absolute atomic E-state index is 12.8. The largest absolute Gasteiger partial charge is 0.494 e. The van der Waals surface area contributed by atoms with Gasteiger partial charge in [0.15, 0.2) is 6.29 Å². The summed E-state index contributed by atoms with van der Waals surface area (Å²) in [5.41, 5.74) is 1.89. The summed E-state index contributed by atoms with van der Waals surface area (Å²) in [6, 6.07) is 9.30. The lowest BCUT2D eigenvalue weighted by molar-refractivity contribution is 0.112. The molecule has 2 aromatic rings. The van der Waals surface area contributed by atoms with Crippen molar-refractivity contribution < 1.29 is 13.9 Å². The number of ether oxygens (including phenoxy) is 1. The Balaban J connectivity index is 2.55. The minimum Gasteiger partial charge on any atom is -0.494 e. The van der Waals surface area contributed by atoms with E-state index in [1.165, 1.54) is 19.2 Å². The normalized spacial score (nSPS) is 10.2. The number of benzene rings is 2. The van der Waals surface area contributed by atoms with Gasteiger partial charge in [0.2, 0.25) is 0 Å². The summed E-state index contributed by atoms with van der Waals surface area (Å²) in [6.45, 7) is 0. The third-order valence-electron chi connectivity index (χ3n) is 2.58. The van der Waals surface area contributed by atoms with E-state index in [1.807, 2.05) is 0 Å². The number of methoxy groups -OCH3 is 1. The molecule has 0 heterocycles. The summed E-state index contributed by atoms with van der Waals surface area (Å²) in [4.78, 5) is 11.0. The van der Waals surface area contributed by atoms with Gasteiger partial charge in [-0.25, -0.2) is 4.39 Å². The maximum atomic E-state index is 12.8. The minimum absolute atomic E-state index is 0.311. The molecule has 92 valence electrons. The van der Waals surface area contributed by atoms with E-state index in [0.29, 0.717) is 22.6 Å². The van der Waals surface area contributed by atoms with Crippen molar-refractivity contribution in [1.82, 2.24) is 0 Å². The van der Waals surface area contributed by atoms with Gasteiger partial charge in [-0.15, -0.1) is 0 Å². The van der Waals surface area contributed by atoms with Crippen molar-refractivity contribution >= 4 is 17.9 Å². The molecular weight excluding hydrogens is 255 g/mol. The molecule has 0 aliphatic carbocycles. The fraction of sp³-hybridized carbons (Fsp3) is 0.0714. The molecule has 18 heavy (non-hydrogen) atoms. The maximum Gasteiger partial charge on any atom is 0.153 e. The van der Waals surface area contributed by atoms with Crippen LogP contribution in [-0.4, -0.2) is 13.4 Å². The predicted octanol–water partition coefficient (Wildman–Crippen LogP) is 3.97. The van der Waals surface area contributed by atoms with Crippen molar-refractivity contribution in [2.45, 2.75) is 0 Å². The molecule has 2 nitrogen and oxygen atoms in total. The van der Waals surface area contributed by atoms with Gasteiger partial charge in [-0.3, -0.25) is 4.79 Å². The van der Waals surface area contributed by atoms with E-state index >= 15 is 0 Å². The van der Waals surface area contributed by atoms with Crippen LogP contribution in [0.5, 0.6) is 5.75 Å². The molecule has 0 atom stereocenters. The van der Waals surface area contributed by atoms with Crippen molar-refractivity contribution in [2.24, 2.45) is 0 Å². The molecule has 0 amide bonds. The van der Waals surface area contributed by atoms with Crippen molar-refractivity contribution in [3.63, 3.8) is 0 Å². The molecule has 0 fully saturated rings. The highest BCUT2D eigenvalue weighted by atomic mass is 35.5. The number of aldehydes is 1. The third-order valence-corrected chi connectivity index (χ3v) is 2.86. The standard InChI is InChI=1S/C14H10ClFO2/c1-18-14-11(8-17)6-10(7-13(14)15)9-2-4-12(16)5-3-9/h2-8H,1H3. The smallest absolute Gasteiger partial charge is 0.153 e. The average Bonchev–Trinajstić information content (AvgIpc) is 2.38. The van der Waals surface area contributed by atoms with E-state index in [1.54, 1.807) is 24.3 Å². The molecule has 0 aromatic heterocycles. The fourth-order valence-corrected chi connectivity index (χ4v) is 2.03. The van der Waals surface area contributed by atoms with Gasteiger partial charge in [0, 0.05) is 0 Å². The molecule has 0 bridgehead atoms. The van der Waals surface area contributed by atoms with Crippen LogP contribution in [0.4, 0.5) is 4.39 Å². The minimum atomic E-state index is -0.311. The molecule has 2 aromatic carbocycles. The first-order chi connectivity index (χ1) is 8.65. The lowest BCUT2D eigenvalue weighted by atomic mass is 10.0. The van der Waals surface area contributed by atoms with Gasteiger partial charge in [-0.2, -0.15) is 0 Å². The van der Waals surface area contributed by atoms with E-state index in [2.05, 4.69) is 0 Å². The quantitative estimate of drug-likeness (QED) is 0.784. The van der Waals surface area contributed by atoms with Gasteiger partial charge in [-0.05, 0) is 35.4 Å². The van der Waals surface area contributed by atoms with E-state index in [0.717, 1.165) is 11.1 Å². The van der Waals surface area contributed by atoms with E-state index in [4.69, 9.17) is 16.3 Å². The Morgan fingerprint density at radius 2 is 1.83 bits per heavy atom. The number of halogens is 2. The molecule has 0 aliphatic heterocycles. The van der Waals surface area contributed by atoms with Gasteiger partial charge in [-0.1, -0.05) is 23.7 Å². The first kappa shape index (κ1) is 12.6. The molecule has 0 saturated heterocycles. The van der Waals surface area contributed by atoms with Crippen LogP contribution in [0.25, 0.3) is 11.1 Å². The predicted molar refractivity (Wildman–Crippen MR) is 68.8 cm³/mol. The third kappa shape index (κ3) is 2.36. The molecule has 0 N–H and O–H groups in total. The number of rotatable bonds is 3. The number of hydrogen-bond donors (Lipinski definition) is 0. The van der Waals surface area contributed by atoms with Crippen LogP contribution in [0.15, 0.2) is 36.4 Å². The summed E-state index contributed by atoms with van der Waals surface area (Å²) in [5, 5.41) is 0.349. The van der Waals surface area contributed by atoms with Crippen molar-refractivity contribution in [2.75, 3.05) is 7.11 Å². The zero-order chi connectivity index (χ0) is 13.1. The molecule has 0 radical (unpaired) electrons. The Morgan fingerprint density at radius 1 is 1.17 bits per heavy atom. The second kappa shape index (κ2) is 5.19. The van der Waals surface area contributed by atoms with E-state index in [-0.39, 0.29) is 5.82 Å². The first-order valence-corrected chi connectivity index (χ1v) is 5.62. The van der Waals surface area contributed by atoms with Crippen molar-refractivity contribution in [1.29, 1.82) is 0 Å². The molecule has 0 unspecified atom stereocenters. The highest BCUT2D eigenvalue weighted by Crippen LogP contribution is 2.33.